The molecule has 13 heavy (non-hydrogen) atoms. The first kappa shape index (κ1) is 12.4. The number of hydrogen-bond donors (Lipinski definition) is 1. The van der Waals surface area contributed by atoms with Gasteiger partial charge in [0.05, 0.1) is 5.75 Å². The molecule has 0 saturated heterocycles. The minimum absolute atomic E-state index is 0.0297. The summed E-state index contributed by atoms with van der Waals surface area (Å²) < 4.78 is 24.4. The van der Waals surface area contributed by atoms with Crippen LogP contribution in [0.2, 0.25) is 0 Å². The Balaban J connectivity index is 4.11. The average Bonchev–Trinajstić information content (AvgIpc) is 2.00. The first-order chi connectivity index (χ1) is 5.89. The number of rotatable bonds is 5. The molecular weight excluding hydrogens is 190 g/mol. The van der Waals surface area contributed by atoms with E-state index in [2.05, 4.69) is 0 Å². The van der Waals surface area contributed by atoms with Crippen LogP contribution in [0.3, 0.4) is 0 Å². The highest BCUT2D eigenvalue weighted by Gasteiger charge is 2.15. The monoisotopic (exact) mass is 207 g/mol. The summed E-state index contributed by atoms with van der Waals surface area (Å²) in [5.41, 5.74) is 0. The number of hydrogen-bond acceptors (Lipinski definition) is 3. The molecule has 0 fully saturated rings. The number of carbonyl (C=O) groups excluding carboxylic acids is 1. The quantitative estimate of drug-likeness (QED) is 0.728. The number of carbonyl (C=O) groups is 1. The summed E-state index contributed by atoms with van der Waals surface area (Å²) in [5, 5.41) is 0. The van der Waals surface area contributed by atoms with Crippen LogP contribution in [0.5, 0.6) is 0 Å². The van der Waals surface area contributed by atoms with Crippen LogP contribution in [0.4, 0.5) is 0 Å². The minimum Gasteiger partial charge on any atom is -0.274 e. The van der Waals surface area contributed by atoms with Crippen molar-refractivity contribution in [2.45, 2.75) is 33.6 Å². The van der Waals surface area contributed by atoms with Gasteiger partial charge in [0.1, 0.15) is 0 Å². The van der Waals surface area contributed by atoms with Crippen LogP contribution in [-0.4, -0.2) is 20.1 Å². The van der Waals surface area contributed by atoms with Gasteiger partial charge in [0.15, 0.2) is 0 Å². The summed E-state index contributed by atoms with van der Waals surface area (Å²) in [6, 6.07) is 0. The number of amides is 1. The molecule has 1 amide bonds. The van der Waals surface area contributed by atoms with Gasteiger partial charge < -0.3 is 0 Å². The van der Waals surface area contributed by atoms with Gasteiger partial charge in [-0.05, 0) is 6.42 Å². The fourth-order valence-electron chi connectivity index (χ4n) is 0.657. The molecule has 0 spiro atoms. The van der Waals surface area contributed by atoms with E-state index >= 15 is 0 Å². The van der Waals surface area contributed by atoms with Crippen LogP contribution in [0.15, 0.2) is 0 Å². The van der Waals surface area contributed by atoms with Crippen molar-refractivity contribution >= 4 is 15.9 Å². The molecule has 0 aliphatic heterocycles. The van der Waals surface area contributed by atoms with Crippen LogP contribution in [0.25, 0.3) is 0 Å². The Morgan fingerprint density at radius 3 is 2.31 bits per heavy atom. The molecule has 4 nitrogen and oxygen atoms in total. The van der Waals surface area contributed by atoms with Gasteiger partial charge >= 0.3 is 0 Å². The van der Waals surface area contributed by atoms with Gasteiger partial charge in [0.2, 0.25) is 15.9 Å². The lowest BCUT2D eigenvalue weighted by atomic mass is 10.2. The van der Waals surface area contributed by atoms with E-state index in [-0.39, 0.29) is 11.7 Å². The number of nitrogens with one attached hydrogen (secondary N) is 1. The van der Waals surface area contributed by atoms with E-state index in [1.54, 1.807) is 13.8 Å². The predicted octanol–water partition coefficient (Wildman–Crippen LogP) is 0.889. The molecule has 5 heteroatoms. The molecule has 0 heterocycles. The Kier molecular flexibility index (Phi) is 4.98. The first-order valence-electron chi connectivity index (χ1n) is 4.43. The first-order valence-corrected chi connectivity index (χ1v) is 6.08. The summed E-state index contributed by atoms with van der Waals surface area (Å²) in [6.45, 7) is 5.22. The predicted molar refractivity (Wildman–Crippen MR) is 51.7 cm³/mol. The van der Waals surface area contributed by atoms with Crippen molar-refractivity contribution in [3.63, 3.8) is 0 Å². The highest BCUT2D eigenvalue weighted by Crippen LogP contribution is 1.97. The zero-order valence-electron chi connectivity index (χ0n) is 8.33. The lowest BCUT2D eigenvalue weighted by Gasteiger charge is -2.07. The molecule has 0 saturated carbocycles. The molecule has 0 rings (SSSR count). The summed E-state index contributed by atoms with van der Waals surface area (Å²) in [7, 11) is -3.39. The van der Waals surface area contributed by atoms with Crippen molar-refractivity contribution in [2.75, 3.05) is 5.75 Å². The molecular formula is C8H17NO3S. The van der Waals surface area contributed by atoms with Crippen molar-refractivity contribution in [3.05, 3.63) is 0 Å². The number of sulfonamides is 1. The Labute approximate surface area is 79.8 Å². The van der Waals surface area contributed by atoms with Crippen molar-refractivity contribution in [2.24, 2.45) is 5.92 Å². The zero-order chi connectivity index (χ0) is 10.5. The SMILES string of the molecule is CCCCS(=O)(=O)NC(=O)C(C)C. The van der Waals surface area contributed by atoms with Gasteiger partial charge in [0, 0.05) is 5.92 Å². The van der Waals surface area contributed by atoms with Gasteiger partial charge in [0.25, 0.3) is 0 Å². The van der Waals surface area contributed by atoms with E-state index in [9.17, 15) is 13.2 Å². The van der Waals surface area contributed by atoms with E-state index in [0.717, 1.165) is 6.42 Å². The molecule has 0 atom stereocenters. The lowest BCUT2D eigenvalue weighted by Crippen LogP contribution is -2.35. The topological polar surface area (TPSA) is 63.2 Å². The third-order valence-electron chi connectivity index (χ3n) is 1.55. The normalized spacial score (nSPS) is 11.7. The van der Waals surface area contributed by atoms with Gasteiger partial charge in [-0.25, -0.2) is 8.42 Å². The molecule has 0 radical (unpaired) electrons. The maximum absolute atomic E-state index is 11.2. The van der Waals surface area contributed by atoms with Crippen molar-refractivity contribution in [1.29, 1.82) is 0 Å². The fraction of sp³-hybridized carbons (Fsp3) is 0.875. The molecule has 0 aliphatic carbocycles. The third kappa shape index (κ3) is 5.63. The van der Waals surface area contributed by atoms with Crippen LogP contribution < -0.4 is 4.72 Å². The molecule has 0 aromatic heterocycles. The highest BCUT2D eigenvalue weighted by atomic mass is 32.2. The number of unbranched alkanes of at least 4 members (excludes halogenated alkanes) is 1. The standard InChI is InChI=1S/C8H17NO3S/c1-4-5-6-13(11,12)9-8(10)7(2)3/h7H,4-6H2,1-3H3,(H,9,10). The highest BCUT2D eigenvalue weighted by molar-refractivity contribution is 7.90. The zero-order valence-corrected chi connectivity index (χ0v) is 9.15. The minimum atomic E-state index is -3.39. The largest absolute Gasteiger partial charge is 0.274 e. The molecule has 78 valence electrons. The molecule has 0 aliphatic rings. The van der Waals surface area contributed by atoms with Crippen LogP contribution in [0.1, 0.15) is 33.6 Å². The molecule has 0 aromatic carbocycles. The van der Waals surface area contributed by atoms with Crippen molar-refractivity contribution in [1.82, 2.24) is 4.72 Å². The van der Waals surface area contributed by atoms with E-state index in [0.29, 0.717) is 6.42 Å². The van der Waals surface area contributed by atoms with E-state index in [1.165, 1.54) is 0 Å². The smallest absolute Gasteiger partial charge is 0.235 e. The Hall–Kier alpha value is -0.580. The van der Waals surface area contributed by atoms with Crippen LogP contribution in [-0.2, 0) is 14.8 Å². The van der Waals surface area contributed by atoms with Crippen LogP contribution >= 0.6 is 0 Å². The summed E-state index contributed by atoms with van der Waals surface area (Å²) >= 11 is 0. The Morgan fingerprint density at radius 2 is 1.92 bits per heavy atom. The summed E-state index contributed by atoms with van der Waals surface area (Å²) in [6.07, 6.45) is 1.39. The molecule has 0 bridgehead atoms. The third-order valence-corrected chi connectivity index (χ3v) is 2.89. The van der Waals surface area contributed by atoms with Gasteiger partial charge in [-0.1, -0.05) is 27.2 Å². The van der Waals surface area contributed by atoms with Crippen LogP contribution in [0, 0.1) is 5.92 Å². The molecule has 0 unspecified atom stereocenters. The Bertz CT molecular complexity index is 257. The second kappa shape index (κ2) is 5.21. The van der Waals surface area contributed by atoms with E-state index in [1.807, 2.05) is 11.6 Å². The maximum Gasteiger partial charge on any atom is 0.235 e. The summed E-state index contributed by atoms with van der Waals surface area (Å²) in [4.78, 5) is 11.0. The fourth-order valence-corrected chi connectivity index (χ4v) is 1.97. The lowest BCUT2D eigenvalue weighted by molar-refractivity contribution is -0.122. The van der Waals surface area contributed by atoms with E-state index in [4.69, 9.17) is 0 Å². The van der Waals surface area contributed by atoms with Gasteiger partial charge in [-0.15, -0.1) is 0 Å². The molecule has 1 N–H and O–H groups in total. The van der Waals surface area contributed by atoms with Gasteiger partial charge in [-0.3, -0.25) is 9.52 Å². The second-order valence-electron chi connectivity index (χ2n) is 3.29. The molecule has 0 aromatic rings. The van der Waals surface area contributed by atoms with Crippen molar-refractivity contribution in [3.8, 4) is 0 Å². The van der Waals surface area contributed by atoms with Crippen molar-refractivity contribution < 1.29 is 13.2 Å². The maximum atomic E-state index is 11.2. The second-order valence-corrected chi connectivity index (χ2v) is 5.14. The Morgan fingerprint density at radius 1 is 1.38 bits per heavy atom. The van der Waals surface area contributed by atoms with E-state index < -0.39 is 15.9 Å². The average molecular weight is 207 g/mol. The summed E-state index contributed by atoms with van der Waals surface area (Å²) in [5.74, 6) is -0.699. The van der Waals surface area contributed by atoms with Gasteiger partial charge in [-0.2, -0.15) is 0 Å².